The minimum atomic E-state index is -0.943. The van der Waals surface area contributed by atoms with Gasteiger partial charge in [-0.05, 0) is 37.6 Å². The lowest BCUT2D eigenvalue weighted by atomic mass is 9.93. The molecule has 160 valence electrons. The molecule has 2 amide bonds. The lowest BCUT2D eigenvalue weighted by Crippen LogP contribution is -2.60. The topological polar surface area (TPSA) is 80.8 Å². The molecule has 1 saturated heterocycles. The second kappa shape index (κ2) is 7.01. The maximum Gasteiger partial charge on any atom is 0.272 e. The highest BCUT2D eigenvalue weighted by Crippen LogP contribution is 2.44. The van der Waals surface area contributed by atoms with Crippen LogP contribution in [0.3, 0.4) is 0 Å². The summed E-state index contributed by atoms with van der Waals surface area (Å²) in [5.74, 6) is 0.959. The zero-order chi connectivity index (χ0) is 21.8. The van der Waals surface area contributed by atoms with Crippen LogP contribution in [0, 0.1) is 6.92 Å². The van der Waals surface area contributed by atoms with Crippen LogP contribution in [0.1, 0.15) is 44.8 Å². The average molecular weight is 420 g/mol. The molecule has 1 unspecified atom stereocenters. The van der Waals surface area contributed by atoms with Gasteiger partial charge < -0.3 is 23.6 Å². The van der Waals surface area contributed by atoms with Crippen molar-refractivity contribution in [3.63, 3.8) is 0 Å². The van der Waals surface area contributed by atoms with Gasteiger partial charge in [0.2, 0.25) is 0 Å². The maximum absolute atomic E-state index is 13.9. The summed E-state index contributed by atoms with van der Waals surface area (Å²) in [6, 6.07) is 11.3. The number of methoxy groups -OCH3 is 1. The molecule has 1 aromatic carbocycles. The molecule has 2 aromatic heterocycles. The summed E-state index contributed by atoms with van der Waals surface area (Å²) in [4.78, 5) is 30.9. The second-order valence-electron chi connectivity index (χ2n) is 7.89. The van der Waals surface area contributed by atoms with E-state index in [0.29, 0.717) is 48.8 Å². The van der Waals surface area contributed by atoms with Crippen LogP contribution in [0.5, 0.6) is 5.75 Å². The van der Waals surface area contributed by atoms with Crippen molar-refractivity contribution < 1.29 is 18.8 Å². The molecular formula is C23H24N4O4. The predicted molar refractivity (Wildman–Crippen MR) is 112 cm³/mol. The highest BCUT2D eigenvalue weighted by atomic mass is 16.5. The standard InChI is InChI=1S/C23H24N4O4/c1-4-18-20(15(2)31-24-18)22(29)27-13-12-26-21(28)19-6-5-11-25(19)14-23(26,27)16-7-9-17(30-3)10-8-16/h5-11H,4,12-14H2,1-3H3. The highest BCUT2D eigenvalue weighted by molar-refractivity contribution is 5.99. The first-order valence-corrected chi connectivity index (χ1v) is 10.4. The Kier molecular flexibility index (Phi) is 4.39. The van der Waals surface area contributed by atoms with E-state index in [4.69, 9.17) is 9.26 Å². The summed E-state index contributed by atoms with van der Waals surface area (Å²) in [6.07, 6.45) is 2.48. The first-order chi connectivity index (χ1) is 15.0. The normalized spacial score (nSPS) is 20.0. The summed E-state index contributed by atoms with van der Waals surface area (Å²) >= 11 is 0. The third-order valence-electron chi connectivity index (χ3n) is 6.40. The molecule has 4 heterocycles. The Morgan fingerprint density at radius 3 is 2.71 bits per heavy atom. The van der Waals surface area contributed by atoms with Gasteiger partial charge in [-0.15, -0.1) is 0 Å². The van der Waals surface area contributed by atoms with Gasteiger partial charge in [0.1, 0.15) is 22.8 Å². The first-order valence-electron chi connectivity index (χ1n) is 10.4. The van der Waals surface area contributed by atoms with E-state index in [0.717, 1.165) is 11.3 Å². The van der Waals surface area contributed by atoms with Crippen LogP contribution in [0.4, 0.5) is 0 Å². The Morgan fingerprint density at radius 2 is 2.00 bits per heavy atom. The van der Waals surface area contributed by atoms with Gasteiger partial charge in [0.05, 0.1) is 19.3 Å². The SMILES string of the molecule is CCc1noc(C)c1C(=O)N1CCN2C(=O)c3cccn3CC12c1ccc(OC)cc1. The van der Waals surface area contributed by atoms with Gasteiger partial charge in [-0.1, -0.05) is 24.2 Å². The molecule has 5 rings (SSSR count). The summed E-state index contributed by atoms with van der Waals surface area (Å²) in [7, 11) is 1.61. The monoisotopic (exact) mass is 420 g/mol. The molecule has 2 aliphatic heterocycles. The molecule has 8 nitrogen and oxygen atoms in total. The van der Waals surface area contributed by atoms with E-state index in [1.54, 1.807) is 18.9 Å². The van der Waals surface area contributed by atoms with Gasteiger partial charge in [0.25, 0.3) is 11.8 Å². The molecule has 0 spiro atoms. The summed E-state index contributed by atoms with van der Waals surface area (Å²) < 4.78 is 12.6. The molecule has 0 aliphatic carbocycles. The Balaban J connectivity index is 1.69. The van der Waals surface area contributed by atoms with Crippen LogP contribution in [-0.2, 0) is 18.6 Å². The van der Waals surface area contributed by atoms with Crippen molar-refractivity contribution in [2.45, 2.75) is 32.5 Å². The number of ether oxygens (including phenoxy) is 1. The number of carbonyl (C=O) groups excluding carboxylic acids is 2. The van der Waals surface area contributed by atoms with E-state index in [1.165, 1.54) is 0 Å². The van der Waals surface area contributed by atoms with Crippen molar-refractivity contribution in [2.75, 3.05) is 20.2 Å². The second-order valence-corrected chi connectivity index (χ2v) is 7.89. The first kappa shape index (κ1) is 19.4. The minimum absolute atomic E-state index is 0.0832. The van der Waals surface area contributed by atoms with Crippen molar-refractivity contribution in [3.05, 3.63) is 70.9 Å². The van der Waals surface area contributed by atoms with Crippen molar-refractivity contribution in [3.8, 4) is 5.75 Å². The van der Waals surface area contributed by atoms with Crippen LogP contribution in [0.2, 0.25) is 0 Å². The maximum atomic E-state index is 13.9. The van der Waals surface area contributed by atoms with Crippen LogP contribution in [0.25, 0.3) is 0 Å². The van der Waals surface area contributed by atoms with Crippen LogP contribution in [0.15, 0.2) is 47.1 Å². The molecule has 2 aliphatic rings. The largest absolute Gasteiger partial charge is 0.497 e. The number of amides is 2. The van der Waals surface area contributed by atoms with E-state index in [2.05, 4.69) is 5.16 Å². The Morgan fingerprint density at radius 1 is 1.23 bits per heavy atom. The molecule has 1 fully saturated rings. The Hall–Kier alpha value is -3.55. The molecule has 31 heavy (non-hydrogen) atoms. The molecular weight excluding hydrogens is 396 g/mol. The van der Waals surface area contributed by atoms with Crippen LogP contribution in [-0.4, -0.2) is 51.5 Å². The van der Waals surface area contributed by atoms with Crippen molar-refractivity contribution in [1.29, 1.82) is 0 Å². The van der Waals surface area contributed by atoms with E-state index >= 15 is 0 Å². The Bertz CT molecular complexity index is 1160. The average Bonchev–Trinajstić information content (AvgIpc) is 3.50. The number of aromatic nitrogens is 2. The van der Waals surface area contributed by atoms with Gasteiger partial charge in [-0.25, -0.2) is 0 Å². The summed E-state index contributed by atoms with van der Waals surface area (Å²) in [5.41, 5.74) is 1.67. The molecule has 1 atom stereocenters. The van der Waals surface area contributed by atoms with Gasteiger partial charge in [-0.2, -0.15) is 0 Å². The zero-order valence-electron chi connectivity index (χ0n) is 17.8. The number of fused-ring (bicyclic) bond motifs is 2. The van der Waals surface area contributed by atoms with Gasteiger partial charge >= 0.3 is 0 Å². The third kappa shape index (κ3) is 2.64. The molecule has 0 saturated carbocycles. The van der Waals surface area contributed by atoms with Gasteiger partial charge in [-0.3, -0.25) is 9.59 Å². The Labute approximate surface area is 180 Å². The fourth-order valence-electron chi connectivity index (χ4n) is 4.88. The van der Waals surface area contributed by atoms with Crippen molar-refractivity contribution >= 4 is 11.8 Å². The molecule has 3 aromatic rings. The number of carbonyl (C=O) groups is 2. The minimum Gasteiger partial charge on any atom is -0.497 e. The molecule has 0 N–H and O–H groups in total. The fraction of sp³-hybridized carbons (Fsp3) is 0.348. The van der Waals surface area contributed by atoms with Crippen molar-refractivity contribution in [1.82, 2.24) is 19.5 Å². The van der Waals surface area contributed by atoms with Crippen molar-refractivity contribution in [2.24, 2.45) is 0 Å². The lowest BCUT2D eigenvalue weighted by Gasteiger charge is -2.47. The number of nitrogens with zero attached hydrogens (tertiary/aromatic N) is 4. The zero-order valence-corrected chi connectivity index (χ0v) is 17.8. The molecule has 0 radical (unpaired) electrons. The summed E-state index contributed by atoms with van der Waals surface area (Å²) in [5, 5.41) is 4.07. The lowest BCUT2D eigenvalue weighted by molar-refractivity contribution is -0.00603. The van der Waals surface area contributed by atoms with E-state index in [-0.39, 0.29) is 11.8 Å². The fourth-order valence-corrected chi connectivity index (χ4v) is 4.88. The predicted octanol–water partition coefficient (Wildman–Crippen LogP) is 2.82. The highest BCUT2D eigenvalue weighted by Gasteiger charge is 2.56. The number of benzene rings is 1. The van der Waals surface area contributed by atoms with E-state index < -0.39 is 5.66 Å². The quantitative estimate of drug-likeness (QED) is 0.648. The molecule has 8 heteroatoms. The van der Waals surface area contributed by atoms with Gasteiger partial charge in [0.15, 0.2) is 5.66 Å². The number of aryl methyl sites for hydroxylation is 2. The molecule has 0 bridgehead atoms. The van der Waals surface area contributed by atoms with Crippen LogP contribution >= 0.6 is 0 Å². The smallest absolute Gasteiger partial charge is 0.272 e. The number of hydrogen-bond donors (Lipinski definition) is 0. The third-order valence-corrected chi connectivity index (χ3v) is 6.40. The van der Waals surface area contributed by atoms with E-state index in [9.17, 15) is 9.59 Å². The van der Waals surface area contributed by atoms with E-state index in [1.807, 2.05) is 59.0 Å². The van der Waals surface area contributed by atoms with Gasteiger partial charge in [0, 0.05) is 24.8 Å². The number of hydrogen-bond acceptors (Lipinski definition) is 5. The summed E-state index contributed by atoms with van der Waals surface area (Å²) in [6.45, 7) is 5.02. The number of rotatable bonds is 4. The van der Waals surface area contributed by atoms with Crippen LogP contribution < -0.4 is 4.74 Å².